The van der Waals surface area contributed by atoms with E-state index < -0.39 is 5.60 Å². The lowest BCUT2D eigenvalue weighted by Gasteiger charge is -2.37. The Morgan fingerprint density at radius 1 is 0.549 bits per heavy atom. The second-order valence-corrected chi connectivity index (χ2v) is 14.7. The molecule has 0 fully saturated rings. The molecular formula is C48H72O3. The summed E-state index contributed by atoms with van der Waals surface area (Å²) in [6, 6.07) is 32.0. The molecule has 51 heavy (non-hydrogen) atoms. The number of benzene rings is 3. The van der Waals surface area contributed by atoms with Crippen molar-refractivity contribution in [1.29, 1.82) is 0 Å². The van der Waals surface area contributed by atoms with Gasteiger partial charge in [-0.3, -0.25) is 0 Å². The lowest BCUT2D eigenvalue weighted by atomic mass is 9.80. The van der Waals surface area contributed by atoms with Crippen molar-refractivity contribution in [3.63, 3.8) is 0 Å². The molecule has 0 saturated carbocycles. The van der Waals surface area contributed by atoms with Gasteiger partial charge in [0, 0.05) is 6.61 Å². The van der Waals surface area contributed by atoms with Crippen LogP contribution in [0.15, 0.2) is 104 Å². The molecule has 0 aliphatic rings. The molecule has 0 bridgehead atoms. The lowest BCUT2D eigenvalue weighted by Crippen LogP contribution is -2.38. The highest BCUT2D eigenvalue weighted by molar-refractivity contribution is 5.47. The smallest absolute Gasteiger partial charge is 0.143 e. The molecule has 0 heterocycles. The third-order valence-electron chi connectivity index (χ3n) is 10.4. The van der Waals surface area contributed by atoms with Crippen molar-refractivity contribution in [3.05, 3.63) is 120 Å². The van der Waals surface area contributed by atoms with Gasteiger partial charge in [-0.05, 0) is 54.7 Å². The Balaban J connectivity index is 1.77. The fourth-order valence-electron chi connectivity index (χ4n) is 7.27. The number of unbranched alkanes of at least 4 members (excludes halogenated alkanes) is 13. The molecule has 3 aromatic carbocycles. The van der Waals surface area contributed by atoms with E-state index >= 15 is 0 Å². The van der Waals surface area contributed by atoms with Crippen LogP contribution in [0.3, 0.4) is 0 Å². The van der Waals surface area contributed by atoms with E-state index in [1.807, 2.05) is 6.08 Å². The average Bonchev–Trinajstić information content (AvgIpc) is 3.18. The predicted molar refractivity (Wildman–Crippen MR) is 218 cm³/mol. The summed E-state index contributed by atoms with van der Waals surface area (Å²) in [5.41, 5.74) is 2.54. The zero-order chi connectivity index (χ0) is 36.2. The molecule has 3 heteroatoms. The molecule has 0 saturated heterocycles. The Morgan fingerprint density at radius 3 is 1.53 bits per heavy atom. The van der Waals surface area contributed by atoms with Crippen molar-refractivity contribution < 1.29 is 14.2 Å². The van der Waals surface area contributed by atoms with Crippen LogP contribution in [0.2, 0.25) is 0 Å². The van der Waals surface area contributed by atoms with Gasteiger partial charge in [-0.15, -0.1) is 6.58 Å². The SMILES string of the molecule is C=CCCCCOC(COC(CCCCCCCCCCC)C(C)CCCCCC)COC(c1ccccc1)(c1ccccc1)c1ccccc1. The first-order valence-electron chi connectivity index (χ1n) is 20.8. The molecule has 0 spiro atoms. The molecule has 3 rings (SSSR count). The van der Waals surface area contributed by atoms with E-state index in [1.165, 1.54) is 89.9 Å². The lowest BCUT2D eigenvalue weighted by molar-refractivity contribution is -0.111. The van der Waals surface area contributed by atoms with Crippen LogP contribution < -0.4 is 0 Å². The van der Waals surface area contributed by atoms with Gasteiger partial charge in [0.05, 0.1) is 19.3 Å². The summed E-state index contributed by atoms with van der Waals surface area (Å²) >= 11 is 0. The predicted octanol–water partition coefficient (Wildman–Crippen LogP) is 13.6. The van der Waals surface area contributed by atoms with Gasteiger partial charge in [0.25, 0.3) is 0 Å². The van der Waals surface area contributed by atoms with Gasteiger partial charge in [0.2, 0.25) is 0 Å². The molecule has 3 nitrogen and oxygen atoms in total. The third-order valence-corrected chi connectivity index (χ3v) is 10.4. The van der Waals surface area contributed by atoms with Crippen LogP contribution in [-0.2, 0) is 19.8 Å². The normalized spacial score (nSPS) is 13.5. The molecule has 0 radical (unpaired) electrons. The number of hydrogen-bond donors (Lipinski definition) is 0. The van der Waals surface area contributed by atoms with Gasteiger partial charge in [0.1, 0.15) is 11.7 Å². The van der Waals surface area contributed by atoms with Crippen molar-refractivity contribution >= 4 is 0 Å². The van der Waals surface area contributed by atoms with Crippen LogP contribution in [0, 0.1) is 5.92 Å². The molecule has 3 aromatic rings. The minimum absolute atomic E-state index is 0.179. The summed E-state index contributed by atoms with van der Waals surface area (Å²) in [6.45, 7) is 12.6. The van der Waals surface area contributed by atoms with E-state index in [9.17, 15) is 0 Å². The molecule has 282 valence electrons. The Hall–Kier alpha value is -2.72. The quantitative estimate of drug-likeness (QED) is 0.0381. The Kier molecular flexibility index (Phi) is 22.6. The second-order valence-electron chi connectivity index (χ2n) is 14.7. The van der Waals surface area contributed by atoms with E-state index in [-0.39, 0.29) is 12.2 Å². The van der Waals surface area contributed by atoms with Crippen molar-refractivity contribution in [3.8, 4) is 0 Å². The molecule has 0 aliphatic heterocycles. The number of allylic oxidation sites excluding steroid dienone is 1. The zero-order valence-electron chi connectivity index (χ0n) is 32.8. The van der Waals surface area contributed by atoms with Crippen molar-refractivity contribution in [2.24, 2.45) is 5.92 Å². The molecular weight excluding hydrogens is 625 g/mol. The molecule has 0 aromatic heterocycles. The van der Waals surface area contributed by atoms with E-state index in [0.29, 0.717) is 25.7 Å². The van der Waals surface area contributed by atoms with Crippen LogP contribution in [-0.4, -0.2) is 32.0 Å². The van der Waals surface area contributed by atoms with Gasteiger partial charge in [-0.2, -0.15) is 0 Å². The van der Waals surface area contributed by atoms with E-state index in [2.05, 4.69) is 118 Å². The minimum Gasteiger partial charge on any atom is -0.375 e. The second kappa shape index (κ2) is 27.0. The Labute approximate surface area is 313 Å². The van der Waals surface area contributed by atoms with Crippen molar-refractivity contribution in [1.82, 2.24) is 0 Å². The number of ether oxygens (including phenoxy) is 3. The standard InChI is InChI=1S/C48H72O3/c1-5-8-11-14-15-16-17-18-29-38-47(42(4)31-22-12-9-6-2)50-40-46(49-39-30-13-10-7-3)41-51-48(43-32-23-19-24-33-43,44-34-25-20-26-35-44)45-36-27-21-28-37-45/h7,19-21,23-28,32-37,42,46-47H,3,5-6,8-18,22,29-31,38-41H2,1-2,4H3. The van der Waals surface area contributed by atoms with Crippen LogP contribution in [0.1, 0.15) is 153 Å². The summed E-state index contributed by atoms with van der Waals surface area (Å²) in [4.78, 5) is 0. The third kappa shape index (κ3) is 15.8. The first-order chi connectivity index (χ1) is 25.2. The Morgan fingerprint density at radius 2 is 1.02 bits per heavy atom. The first kappa shape index (κ1) is 42.7. The van der Waals surface area contributed by atoms with E-state index in [4.69, 9.17) is 14.2 Å². The maximum Gasteiger partial charge on any atom is 0.143 e. The van der Waals surface area contributed by atoms with Crippen LogP contribution >= 0.6 is 0 Å². The van der Waals surface area contributed by atoms with Gasteiger partial charge >= 0.3 is 0 Å². The first-order valence-corrected chi connectivity index (χ1v) is 20.8. The van der Waals surface area contributed by atoms with E-state index in [1.54, 1.807) is 0 Å². The van der Waals surface area contributed by atoms with Gasteiger partial charge in [-0.1, -0.05) is 201 Å². The molecule has 3 unspecified atom stereocenters. The average molecular weight is 697 g/mol. The Bertz CT molecular complexity index is 1130. The summed E-state index contributed by atoms with van der Waals surface area (Å²) in [5.74, 6) is 0.530. The summed E-state index contributed by atoms with van der Waals surface area (Å²) < 4.78 is 20.8. The van der Waals surface area contributed by atoms with Gasteiger partial charge in [0.15, 0.2) is 0 Å². The summed E-state index contributed by atoms with van der Waals surface area (Å²) in [5, 5.41) is 0. The number of rotatable bonds is 31. The molecule has 3 atom stereocenters. The summed E-state index contributed by atoms with van der Waals surface area (Å²) in [7, 11) is 0. The fourth-order valence-corrected chi connectivity index (χ4v) is 7.27. The summed E-state index contributed by atoms with van der Waals surface area (Å²) in [6.07, 6.45) is 24.8. The van der Waals surface area contributed by atoms with Gasteiger partial charge < -0.3 is 14.2 Å². The highest BCUT2D eigenvalue weighted by atomic mass is 16.6. The van der Waals surface area contributed by atoms with Gasteiger partial charge in [-0.25, -0.2) is 0 Å². The molecule has 0 N–H and O–H groups in total. The topological polar surface area (TPSA) is 27.7 Å². The highest BCUT2D eigenvalue weighted by Crippen LogP contribution is 2.40. The van der Waals surface area contributed by atoms with E-state index in [0.717, 1.165) is 42.4 Å². The highest BCUT2D eigenvalue weighted by Gasteiger charge is 2.38. The monoisotopic (exact) mass is 697 g/mol. The molecule has 0 amide bonds. The minimum atomic E-state index is -0.781. The zero-order valence-corrected chi connectivity index (χ0v) is 32.8. The molecule has 0 aliphatic carbocycles. The maximum atomic E-state index is 7.25. The fraction of sp³-hybridized carbons (Fsp3) is 0.583. The van der Waals surface area contributed by atoms with Crippen molar-refractivity contribution in [2.45, 2.75) is 154 Å². The van der Waals surface area contributed by atoms with Crippen LogP contribution in [0.5, 0.6) is 0 Å². The van der Waals surface area contributed by atoms with Crippen LogP contribution in [0.4, 0.5) is 0 Å². The van der Waals surface area contributed by atoms with Crippen molar-refractivity contribution in [2.75, 3.05) is 19.8 Å². The van der Waals surface area contributed by atoms with Crippen LogP contribution in [0.25, 0.3) is 0 Å². The maximum absolute atomic E-state index is 7.25. The number of hydrogen-bond acceptors (Lipinski definition) is 3. The largest absolute Gasteiger partial charge is 0.375 e.